The molecular weight excluding hydrogens is 384 g/mol. The Labute approximate surface area is 147 Å². The molecule has 10 heteroatoms. The standard InChI is InChI=1S/C16H8ClF6N3/c17-11-5-10(16(21,22)23)6-24-13(11)14-25-7-12(26-14)8-2-1-3-9(4-8)15(18,19)20/h1-7H,(H,25,26). The molecule has 3 aromatic rings. The summed E-state index contributed by atoms with van der Waals surface area (Å²) in [7, 11) is 0. The molecule has 1 N–H and O–H groups in total. The molecule has 3 nitrogen and oxygen atoms in total. The second kappa shape index (κ2) is 6.31. The second-order valence-electron chi connectivity index (χ2n) is 5.28. The number of halogens is 7. The summed E-state index contributed by atoms with van der Waals surface area (Å²) in [6.07, 6.45) is -7.24. The van der Waals surface area contributed by atoms with Crippen molar-refractivity contribution < 1.29 is 26.3 Å². The van der Waals surface area contributed by atoms with E-state index in [4.69, 9.17) is 11.6 Å². The van der Waals surface area contributed by atoms with E-state index >= 15 is 0 Å². The van der Waals surface area contributed by atoms with E-state index in [0.717, 1.165) is 12.1 Å². The number of nitrogens with zero attached hydrogens (tertiary/aromatic N) is 2. The fraction of sp³-hybridized carbons (Fsp3) is 0.125. The maximum absolute atomic E-state index is 12.8. The maximum Gasteiger partial charge on any atom is 0.417 e. The molecule has 0 unspecified atom stereocenters. The van der Waals surface area contributed by atoms with Gasteiger partial charge >= 0.3 is 12.4 Å². The quantitative estimate of drug-likeness (QED) is 0.558. The lowest BCUT2D eigenvalue weighted by Gasteiger charge is -2.08. The van der Waals surface area contributed by atoms with E-state index in [9.17, 15) is 26.3 Å². The van der Waals surface area contributed by atoms with Gasteiger partial charge in [0.25, 0.3) is 0 Å². The van der Waals surface area contributed by atoms with Gasteiger partial charge < -0.3 is 4.98 Å². The summed E-state index contributed by atoms with van der Waals surface area (Å²) >= 11 is 5.84. The first-order chi connectivity index (χ1) is 12.1. The first-order valence-electron chi connectivity index (χ1n) is 7.01. The van der Waals surface area contributed by atoms with Gasteiger partial charge in [-0.1, -0.05) is 23.7 Å². The van der Waals surface area contributed by atoms with Crippen molar-refractivity contribution in [2.45, 2.75) is 12.4 Å². The molecule has 2 aromatic heterocycles. The number of aromatic nitrogens is 3. The summed E-state index contributed by atoms with van der Waals surface area (Å²) in [5.74, 6) is 0.0381. The van der Waals surface area contributed by atoms with Crippen LogP contribution in [0.2, 0.25) is 5.02 Å². The molecule has 0 saturated heterocycles. The molecule has 0 atom stereocenters. The lowest BCUT2D eigenvalue weighted by atomic mass is 10.1. The third kappa shape index (κ3) is 3.67. The zero-order chi connectivity index (χ0) is 19.1. The highest BCUT2D eigenvalue weighted by molar-refractivity contribution is 6.32. The van der Waals surface area contributed by atoms with Crippen LogP contribution < -0.4 is 0 Å². The van der Waals surface area contributed by atoms with Crippen molar-refractivity contribution >= 4 is 11.6 Å². The number of H-pyrrole nitrogens is 1. The van der Waals surface area contributed by atoms with Crippen LogP contribution in [-0.4, -0.2) is 15.0 Å². The zero-order valence-electron chi connectivity index (χ0n) is 12.6. The first-order valence-corrected chi connectivity index (χ1v) is 7.39. The van der Waals surface area contributed by atoms with Crippen LogP contribution in [0.15, 0.2) is 42.7 Å². The highest BCUT2D eigenvalue weighted by atomic mass is 35.5. The highest BCUT2D eigenvalue weighted by Crippen LogP contribution is 2.35. The Kier molecular flexibility index (Phi) is 4.43. The van der Waals surface area contributed by atoms with Gasteiger partial charge in [0.15, 0.2) is 5.82 Å². The van der Waals surface area contributed by atoms with Crippen molar-refractivity contribution in [2.24, 2.45) is 0 Å². The van der Waals surface area contributed by atoms with E-state index in [0.29, 0.717) is 12.3 Å². The Morgan fingerprint density at radius 2 is 1.54 bits per heavy atom. The van der Waals surface area contributed by atoms with Crippen molar-refractivity contribution in [1.82, 2.24) is 15.0 Å². The van der Waals surface area contributed by atoms with Crippen LogP contribution in [-0.2, 0) is 12.4 Å². The van der Waals surface area contributed by atoms with Gasteiger partial charge in [-0.15, -0.1) is 0 Å². The van der Waals surface area contributed by atoms with Gasteiger partial charge in [0.2, 0.25) is 0 Å². The van der Waals surface area contributed by atoms with E-state index < -0.39 is 23.5 Å². The number of nitrogens with one attached hydrogen (secondary N) is 1. The predicted octanol–water partition coefficient (Wildman–Crippen LogP) is 5.83. The number of benzene rings is 1. The van der Waals surface area contributed by atoms with Crippen molar-refractivity contribution in [3.8, 4) is 22.8 Å². The van der Waals surface area contributed by atoms with Gasteiger partial charge in [-0.3, -0.25) is 4.98 Å². The summed E-state index contributed by atoms with van der Waals surface area (Å²) in [5, 5.41) is -0.287. The maximum atomic E-state index is 12.8. The summed E-state index contributed by atoms with van der Waals surface area (Å²) in [4.78, 5) is 10.3. The minimum absolute atomic E-state index is 0.0381. The third-order valence-electron chi connectivity index (χ3n) is 3.47. The van der Waals surface area contributed by atoms with Crippen LogP contribution in [0, 0.1) is 0 Å². The van der Waals surface area contributed by atoms with Gasteiger partial charge in [0.1, 0.15) is 5.69 Å². The van der Waals surface area contributed by atoms with E-state index in [1.54, 1.807) is 0 Å². The molecule has 0 spiro atoms. The Balaban J connectivity index is 1.96. The number of imidazole rings is 1. The zero-order valence-corrected chi connectivity index (χ0v) is 13.3. The molecule has 0 bridgehead atoms. The number of rotatable bonds is 2. The lowest BCUT2D eigenvalue weighted by Crippen LogP contribution is -2.06. The molecule has 0 saturated carbocycles. The Morgan fingerprint density at radius 1 is 0.846 bits per heavy atom. The molecular formula is C16H8ClF6N3. The van der Waals surface area contributed by atoms with E-state index in [1.807, 2.05) is 0 Å². The van der Waals surface area contributed by atoms with Gasteiger partial charge in [-0.05, 0) is 18.2 Å². The average Bonchev–Trinajstić information content (AvgIpc) is 3.03. The van der Waals surface area contributed by atoms with Gasteiger partial charge in [0, 0.05) is 11.8 Å². The molecule has 26 heavy (non-hydrogen) atoms. The highest BCUT2D eigenvalue weighted by Gasteiger charge is 2.32. The van der Waals surface area contributed by atoms with E-state index in [-0.39, 0.29) is 27.8 Å². The summed E-state index contributed by atoms with van der Waals surface area (Å²) in [6, 6.07) is 5.24. The number of hydrogen-bond donors (Lipinski definition) is 1. The van der Waals surface area contributed by atoms with Crippen molar-refractivity contribution in [3.63, 3.8) is 0 Å². The normalized spacial score (nSPS) is 12.4. The monoisotopic (exact) mass is 391 g/mol. The van der Waals surface area contributed by atoms with Crippen LogP contribution in [0.3, 0.4) is 0 Å². The molecule has 0 aliphatic heterocycles. The molecule has 136 valence electrons. The van der Waals surface area contributed by atoms with Crippen LogP contribution in [0.25, 0.3) is 22.8 Å². The largest absolute Gasteiger partial charge is 0.417 e. The number of alkyl halides is 6. The smallest absolute Gasteiger partial charge is 0.337 e. The summed E-state index contributed by atoms with van der Waals surface area (Å²) in [6.45, 7) is 0. The van der Waals surface area contributed by atoms with Gasteiger partial charge in [0.05, 0.1) is 28.0 Å². The molecule has 0 fully saturated rings. The number of hydrogen-bond acceptors (Lipinski definition) is 2. The Morgan fingerprint density at radius 3 is 2.15 bits per heavy atom. The molecule has 3 rings (SSSR count). The second-order valence-corrected chi connectivity index (χ2v) is 5.68. The minimum Gasteiger partial charge on any atom is -0.337 e. The van der Waals surface area contributed by atoms with Gasteiger partial charge in [-0.25, -0.2) is 4.98 Å². The van der Waals surface area contributed by atoms with Gasteiger partial charge in [-0.2, -0.15) is 26.3 Å². The molecule has 2 heterocycles. The number of aromatic amines is 1. The van der Waals surface area contributed by atoms with Crippen molar-refractivity contribution in [1.29, 1.82) is 0 Å². The Bertz CT molecular complexity index is 946. The van der Waals surface area contributed by atoms with Crippen LogP contribution in [0.5, 0.6) is 0 Å². The fourth-order valence-corrected chi connectivity index (χ4v) is 2.47. The summed E-state index contributed by atoms with van der Waals surface area (Å²) in [5.41, 5.74) is -1.45. The van der Waals surface area contributed by atoms with Crippen molar-refractivity contribution in [3.05, 3.63) is 58.9 Å². The van der Waals surface area contributed by atoms with E-state index in [1.165, 1.54) is 18.3 Å². The summed E-state index contributed by atoms with van der Waals surface area (Å²) < 4.78 is 76.3. The topological polar surface area (TPSA) is 41.6 Å². The fourth-order valence-electron chi connectivity index (χ4n) is 2.22. The minimum atomic E-state index is -4.60. The predicted molar refractivity (Wildman–Crippen MR) is 82.3 cm³/mol. The Hall–Kier alpha value is -2.55. The first kappa shape index (κ1) is 18.2. The van der Waals surface area contributed by atoms with Crippen LogP contribution >= 0.6 is 11.6 Å². The van der Waals surface area contributed by atoms with E-state index in [2.05, 4.69) is 15.0 Å². The SMILES string of the molecule is FC(F)(F)c1cccc(-c2cnc(-c3ncc(C(F)(F)F)cc3Cl)[nH]2)c1. The number of pyridine rings is 1. The molecule has 0 radical (unpaired) electrons. The van der Waals surface area contributed by atoms with Crippen LogP contribution in [0.1, 0.15) is 11.1 Å². The third-order valence-corrected chi connectivity index (χ3v) is 3.76. The molecule has 1 aromatic carbocycles. The molecule has 0 amide bonds. The van der Waals surface area contributed by atoms with Crippen LogP contribution in [0.4, 0.5) is 26.3 Å². The van der Waals surface area contributed by atoms with Crippen molar-refractivity contribution in [2.75, 3.05) is 0 Å². The lowest BCUT2D eigenvalue weighted by molar-refractivity contribution is -0.138. The molecule has 0 aliphatic rings. The molecule has 0 aliphatic carbocycles. The average molecular weight is 392 g/mol.